The van der Waals surface area contributed by atoms with E-state index in [4.69, 9.17) is 4.74 Å². The molecule has 1 saturated carbocycles. The number of imidazole rings is 1. The van der Waals surface area contributed by atoms with Gasteiger partial charge in [0.15, 0.2) is 11.5 Å². The molecule has 3 aromatic rings. The van der Waals surface area contributed by atoms with E-state index in [1.807, 2.05) is 33.2 Å². The largest absolute Gasteiger partial charge is 0.446 e. The minimum absolute atomic E-state index is 0.0452. The average molecular weight is 368 g/mol. The number of nitrogens with one attached hydrogen (secondary N) is 2. The summed E-state index contributed by atoms with van der Waals surface area (Å²) in [6, 6.07) is 4.10. The summed E-state index contributed by atoms with van der Waals surface area (Å²) in [7, 11) is 1.88. The van der Waals surface area contributed by atoms with Gasteiger partial charge in [-0.05, 0) is 56.7 Å². The Balaban J connectivity index is 1.48. The molecule has 0 bridgehead atoms. The van der Waals surface area contributed by atoms with Gasteiger partial charge in [0, 0.05) is 25.5 Å². The van der Waals surface area contributed by atoms with Gasteiger partial charge < -0.3 is 15.0 Å². The number of alkyl carbamates (subject to hydrolysis) is 1. The highest BCUT2D eigenvalue weighted by molar-refractivity contribution is 5.75. The Morgan fingerprint density at radius 3 is 3.00 bits per heavy atom. The van der Waals surface area contributed by atoms with Crippen LogP contribution < -0.4 is 5.32 Å². The third kappa shape index (κ3) is 3.65. The molecule has 8 nitrogen and oxygen atoms in total. The normalized spacial score (nSPS) is 19.7. The molecule has 0 unspecified atom stereocenters. The van der Waals surface area contributed by atoms with Gasteiger partial charge in [0.25, 0.3) is 0 Å². The van der Waals surface area contributed by atoms with Gasteiger partial charge in [0.2, 0.25) is 0 Å². The minimum atomic E-state index is -0.335. The number of fused-ring (bicyclic) bond motifs is 1. The number of aromatic amines is 1. The van der Waals surface area contributed by atoms with Crippen molar-refractivity contribution in [2.24, 2.45) is 7.05 Å². The maximum absolute atomic E-state index is 11.8. The lowest BCUT2D eigenvalue weighted by Crippen LogP contribution is -2.33. The number of nitrogens with zero attached hydrogens (tertiary/aromatic N) is 4. The number of pyridine rings is 1. The average Bonchev–Trinajstić information content (AvgIpc) is 3.31. The first kappa shape index (κ1) is 17.5. The van der Waals surface area contributed by atoms with Crippen molar-refractivity contribution >= 4 is 17.3 Å². The summed E-state index contributed by atoms with van der Waals surface area (Å²) in [5, 5.41) is 6.96. The van der Waals surface area contributed by atoms with Crippen molar-refractivity contribution in [3.8, 4) is 11.5 Å². The molecule has 27 heavy (non-hydrogen) atoms. The Hall–Kier alpha value is -2.90. The van der Waals surface area contributed by atoms with E-state index in [-0.39, 0.29) is 18.2 Å². The molecule has 8 heteroatoms. The Labute approximate surface area is 157 Å². The lowest BCUT2D eigenvalue weighted by atomic mass is 9.99. The molecule has 1 fully saturated rings. The molecule has 0 aromatic carbocycles. The zero-order chi connectivity index (χ0) is 19.0. The lowest BCUT2D eigenvalue weighted by Gasteiger charge is -2.15. The van der Waals surface area contributed by atoms with Crippen molar-refractivity contribution in [2.45, 2.75) is 51.2 Å². The van der Waals surface area contributed by atoms with Gasteiger partial charge in [-0.2, -0.15) is 5.10 Å². The zero-order valence-electron chi connectivity index (χ0n) is 15.8. The summed E-state index contributed by atoms with van der Waals surface area (Å²) < 4.78 is 7.30. The summed E-state index contributed by atoms with van der Waals surface area (Å²) in [5.41, 5.74) is 3.67. The number of aromatic nitrogens is 5. The number of hydrogen-bond acceptors (Lipinski definition) is 5. The van der Waals surface area contributed by atoms with Crippen molar-refractivity contribution in [3.05, 3.63) is 30.1 Å². The van der Waals surface area contributed by atoms with Crippen LogP contribution in [0.4, 0.5) is 4.79 Å². The molecule has 0 saturated heterocycles. The third-order valence-electron chi connectivity index (χ3n) is 4.96. The number of hydrogen-bond donors (Lipinski definition) is 2. The standard InChI is InChI=1S/C19H24N6O2/c1-11(2)22-19(26)27-14-5-4-12(8-14)13-9-15-17(20-10-13)24-18(23-15)16-6-7-21-25(16)3/h6-7,9-12,14H,4-5,8H2,1-3H3,(H,22,26)(H,20,23,24)/t12-,14+/m1/s1. The number of ether oxygens (including phenoxy) is 1. The fourth-order valence-electron chi connectivity index (χ4n) is 3.64. The number of carbonyl (C=O) groups is 1. The molecule has 1 aliphatic carbocycles. The molecular weight excluding hydrogens is 344 g/mol. The number of carbonyl (C=O) groups excluding carboxylic acids is 1. The van der Waals surface area contributed by atoms with Crippen LogP contribution in [0.25, 0.3) is 22.7 Å². The van der Waals surface area contributed by atoms with E-state index in [9.17, 15) is 4.79 Å². The van der Waals surface area contributed by atoms with Crippen LogP contribution in [0.1, 0.15) is 44.6 Å². The van der Waals surface area contributed by atoms with E-state index in [0.29, 0.717) is 11.6 Å². The first-order chi connectivity index (χ1) is 13.0. The quantitative estimate of drug-likeness (QED) is 0.737. The van der Waals surface area contributed by atoms with Crippen molar-refractivity contribution < 1.29 is 9.53 Å². The fraction of sp³-hybridized carbons (Fsp3) is 0.474. The maximum atomic E-state index is 11.8. The van der Waals surface area contributed by atoms with Gasteiger partial charge in [-0.1, -0.05) is 0 Å². The number of rotatable bonds is 4. The predicted molar refractivity (Wildman–Crippen MR) is 101 cm³/mol. The van der Waals surface area contributed by atoms with E-state index in [1.165, 1.54) is 0 Å². The van der Waals surface area contributed by atoms with E-state index < -0.39 is 0 Å². The second kappa shape index (κ2) is 7.02. The van der Waals surface area contributed by atoms with Gasteiger partial charge >= 0.3 is 6.09 Å². The number of H-pyrrole nitrogens is 1. The molecule has 2 atom stereocenters. The Bertz CT molecular complexity index is 960. The van der Waals surface area contributed by atoms with Gasteiger partial charge in [0.05, 0.1) is 5.52 Å². The van der Waals surface area contributed by atoms with Crippen LogP contribution in [-0.4, -0.2) is 43.0 Å². The monoisotopic (exact) mass is 368 g/mol. The van der Waals surface area contributed by atoms with Crippen molar-refractivity contribution in [3.63, 3.8) is 0 Å². The number of amides is 1. The molecule has 4 rings (SSSR count). The third-order valence-corrected chi connectivity index (χ3v) is 4.96. The van der Waals surface area contributed by atoms with Crippen LogP contribution in [0.2, 0.25) is 0 Å². The molecule has 0 spiro atoms. The van der Waals surface area contributed by atoms with Crippen molar-refractivity contribution in [2.75, 3.05) is 0 Å². The molecule has 1 aliphatic rings. The van der Waals surface area contributed by atoms with Crippen LogP contribution in [0.5, 0.6) is 0 Å². The van der Waals surface area contributed by atoms with Crippen molar-refractivity contribution in [1.82, 2.24) is 30.0 Å². The second-order valence-corrected chi connectivity index (χ2v) is 7.40. The van der Waals surface area contributed by atoms with Gasteiger partial charge in [-0.25, -0.2) is 14.8 Å². The summed E-state index contributed by atoms with van der Waals surface area (Å²) in [6.45, 7) is 3.84. The fourth-order valence-corrected chi connectivity index (χ4v) is 3.64. The van der Waals surface area contributed by atoms with E-state index in [1.54, 1.807) is 10.9 Å². The van der Waals surface area contributed by atoms with E-state index >= 15 is 0 Å². The lowest BCUT2D eigenvalue weighted by molar-refractivity contribution is 0.0982. The van der Waals surface area contributed by atoms with Crippen LogP contribution in [0.15, 0.2) is 24.5 Å². The molecule has 3 aromatic heterocycles. The second-order valence-electron chi connectivity index (χ2n) is 7.40. The summed E-state index contributed by atoms with van der Waals surface area (Å²) in [5.74, 6) is 1.09. The van der Waals surface area contributed by atoms with Crippen molar-refractivity contribution in [1.29, 1.82) is 0 Å². The first-order valence-electron chi connectivity index (χ1n) is 9.31. The van der Waals surface area contributed by atoms with E-state index in [0.717, 1.165) is 41.9 Å². The summed E-state index contributed by atoms with van der Waals surface area (Å²) in [4.78, 5) is 24.2. The molecule has 2 N–H and O–H groups in total. The van der Waals surface area contributed by atoms with Gasteiger partial charge in [-0.3, -0.25) is 4.68 Å². The highest BCUT2D eigenvalue weighted by atomic mass is 16.6. The highest BCUT2D eigenvalue weighted by Crippen LogP contribution is 2.36. The molecule has 142 valence electrons. The highest BCUT2D eigenvalue weighted by Gasteiger charge is 2.29. The van der Waals surface area contributed by atoms with Gasteiger partial charge in [0.1, 0.15) is 11.8 Å². The summed E-state index contributed by atoms with van der Waals surface area (Å²) >= 11 is 0. The Kier molecular flexibility index (Phi) is 4.55. The Morgan fingerprint density at radius 1 is 1.41 bits per heavy atom. The molecule has 0 radical (unpaired) electrons. The number of aryl methyl sites for hydroxylation is 1. The maximum Gasteiger partial charge on any atom is 0.407 e. The van der Waals surface area contributed by atoms with Crippen LogP contribution >= 0.6 is 0 Å². The van der Waals surface area contributed by atoms with Crippen LogP contribution in [0, 0.1) is 0 Å². The topological polar surface area (TPSA) is 97.7 Å². The van der Waals surface area contributed by atoms with E-state index in [2.05, 4.69) is 31.4 Å². The smallest absolute Gasteiger partial charge is 0.407 e. The molecule has 0 aliphatic heterocycles. The zero-order valence-corrected chi connectivity index (χ0v) is 15.8. The molecule has 1 amide bonds. The van der Waals surface area contributed by atoms with Gasteiger partial charge in [-0.15, -0.1) is 0 Å². The predicted octanol–water partition coefficient (Wildman–Crippen LogP) is 3.13. The van der Waals surface area contributed by atoms with Crippen LogP contribution in [-0.2, 0) is 11.8 Å². The molecule has 3 heterocycles. The molecular formula is C19H24N6O2. The minimum Gasteiger partial charge on any atom is -0.446 e. The Morgan fingerprint density at radius 2 is 2.26 bits per heavy atom. The first-order valence-corrected chi connectivity index (χ1v) is 9.31. The summed E-state index contributed by atoms with van der Waals surface area (Å²) in [6.07, 6.45) is 5.93. The SMILES string of the molecule is CC(C)NC(=O)O[C@H]1CC[C@@H](c2cnc3nc(-c4ccnn4C)[nH]c3c2)C1. The van der Waals surface area contributed by atoms with Crippen LogP contribution in [0.3, 0.4) is 0 Å².